The van der Waals surface area contributed by atoms with Crippen molar-refractivity contribution in [1.82, 2.24) is 5.32 Å². The average Bonchev–Trinajstić information content (AvgIpc) is 3.10. The first-order valence-corrected chi connectivity index (χ1v) is 11.9. The Morgan fingerprint density at radius 3 is 2.34 bits per heavy atom. The maximum absolute atomic E-state index is 13.1. The number of rotatable bonds is 9. The van der Waals surface area contributed by atoms with E-state index in [0.29, 0.717) is 23.5 Å². The summed E-state index contributed by atoms with van der Waals surface area (Å²) < 4.78 is 0. The number of anilines is 2. The van der Waals surface area contributed by atoms with Crippen LogP contribution in [0.15, 0.2) is 89.6 Å². The van der Waals surface area contributed by atoms with Crippen molar-refractivity contribution in [1.29, 1.82) is 0 Å². The quantitative estimate of drug-likeness (QED) is 0.396. The Labute approximate surface area is 209 Å². The summed E-state index contributed by atoms with van der Waals surface area (Å²) in [6, 6.07) is 23.6. The third-order valence-corrected chi connectivity index (χ3v) is 6.08. The third kappa shape index (κ3) is 5.61. The van der Waals surface area contributed by atoms with Gasteiger partial charge in [0, 0.05) is 17.8 Å². The van der Waals surface area contributed by atoms with Gasteiger partial charge in [-0.3, -0.25) is 14.4 Å². The van der Waals surface area contributed by atoms with Crippen LogP contribution in [-0.2, 0) is 22.6 Å². The van der Waals surface area contributed by atoms with Crippen molar-refractivity contribution in [3.8, 4) is 0 Å². The lowest BCUT2D eigenvalue weighted by Crippen LogP contribution is -2.32. The van der Waals surface area contributed by atoms with Crippen molar-refractivity contribution in [2.75, 3.05) is 10.2 Å². The van der Waals surface area contributed by atoms with Crippen LogP contribution >= 0.6 is 11.6 Å². The number of halogens is 1. The van der Waals surface area contributed by atoms with Gasteiger partial charge in [0.25, 0.3) is 17.7 Å². The van der Waals surface area contributed by atoms with Crippen molar-refractivity contribution < 1.29 is 14.4 Å². The molecular weight excluding hydrogens is 462 g/mol. The molecule has 2 N–H and O–H groups in total. The number of aryl methyl sites for hydroxylation is 1. The minimum atomic E-state index is -0.586. The minimum Gasteiger partial charge on any atom is -0.350 e. The summed E-state index contributed by atoms with van der Waals surface area (Å²) in [6.45, 7) is 2.53. The van der Waals surface area contributed by atoms with E-state index in [0.717, 1.165) is 35.3 Å². The summed E-state index contributed by atoms with van der Waals surface area (Å²) in [5.41, 5.74) is 3.47. The van der Waals surface area contributed by atoms with Crippen molar-refractivity contribution in [2.45, 2.75) is 32.7 Å². The highest BCUT2D eigenvalue weighted by Crippen LogP contribution is 2.30. The summed E-state index contributed by atoms with van der Waals surface area (Å²) >= 11 is 6.26. The molecule has 6 nitrogen and oxygen atoms in total. The van der Waals surface area contributed by atoms with Gasteiger partial charge in [0.2, 0.25) is 0 Å². The number of unbranched alkanes of at least 4 members (excludes halogenated alkanes) is 1. The number of benzene rings is 3. The van der Waals surface area contributed by atoms with Crippen LogP contribution in [-0.4, -0.2) is 17.7 Å². The fourth-order valence-corrected chi connectivity index (χ4v) is 4.01. The van der Waals surface area contributed by atoms with Gasteiger partial charge in [0.1, 0.15) is 10.7 Å². The molecule has 0 atom stereocenters. The summed E-state index contributed by atoms with van der Waals surface area (Å²) in [6.07, 6.45) is 3.11. The van der Waals surface area contributed by atoms with Crippen LogP contribution in [0.3, 0.4) is 0 Å². The first-order valence-electron chi connectivity index (χ1n) is 11.5. The van der Waals surface area contributed by atoms with Gasteiger partial charge in [0.05, 0.1) is 5.69 Å². The molecule has 3 amide bonds. The van der Waals surface area contributed by atoms with E-state index in [1.54, 1.807) is 36.4 Å². The number of nitrogens with zero attached hydrogens (tertiary/aromatic N) is 1. The normalized spacial score (nSPS) is 13.4. The molecule has 0 bridgehead atoms. The van der Waals surface area contributed by atoms with E-state index in [4.69, 9.17) is 11.6 Å². The van der Waals surface area contributed by atoms with Crippen LogP contribution < -0.4 is 15.5 Å². The predicted octanol–water partition coefficient (Wildman–Crippen LogP) is 5.39. The van der Waals surface area contributed by atoms with Crippen molar-refractivity contribution in [2.24, 2.45) is 0 Å². The molecule has 0 unspecified atom stereocenters. The monoisotopic (exact) mass is 487 g/mol. The highest BCUT2D eigenvalue weighted by Gasteiger charge is 2.39. The number of carbonyl (C=O) groups excluding carboxylic acids is 3. The average molecular weight is 488 g/mol. The zero-order valence-electron chi connectivity index (χ0n) is 19.4. The largest absolute Gasteiger partial charge is 0.350 e. The number of carbonyl (C=O) groups is 3. The van der Waals surface area contributed by atoms with Gasteiger partial charge >= 0.3 is 0 Å². The maximum atomic E-state index is 13.1. The number of hydrogen-bond donors (Lipinski definition) is 2. The molecule has 1 aliphatic heterocycles. The van der Waals surface area contributed by atoms with Gasteiger partial charge in [-0.2, -0.15) is 0 Å². The molecule has 35 heavy (non-hydrogen) atoms. The van der Waals surface area contributed by atoms with E-state index < -0.39 is 11.8 Å². The van der Waals surface area contributed by atoms with E-state index in [2.05, 4.69) is 17.6 Å². The Morgan fingerprint density at radius 1 is 0.886 bits per heavy atom. The first-order chi connectivity index (χ1) is 17.0. The number of nitrogens with one attached hydrogen (secondary N) is 2. The maximum Gasteiger partial charge on any atom is 0.283 e. The SMILES string of the molecule is CCCCc1ccc(N2C(=O)C(Cl)=C(Nc3cccc(C(=O)NCc4ccccc4)c3)C2=O)cc1. The van der Waals surface area contributed by atoms with Crippen molar-refractivity contribution >= 4 is 40.7 Å². The second kappa shape index (κ2) is 11.0. The molecule has 1 heterocycles. The number of imide groups is 1. The standard InChI is InChI=1S/C28H26ClN3O3/c1-2-3-8-19-13-15-23(16-14-19)32-27(34)24(29)25(28(32)35)31-22-12-7-11-21(17-22)26(33)30-18-20-9-5-4-6-10-20/h4-7,9-17,31H,2-3,8,18H2,1H3,(H,30,33). The number of amides is 3. The van der Waals surface area contributed by atoms with Crippen LogP contribution in [0.5, 0.6) is 0 Å². The Bertz CT molecular complexity index is 1270. The molecule has 1 aliphatic rings. The van der Waals surface area contributed by atoms with Crippen LogP contribution in [0.25, 0.3) is 0 Å². The molecule has 3 aromatic carbocycles. The molecule has 0 fully saturated rings. The molecule has 0 radical (unpaired) electrons. The summed E-state index contributed by atoms with van der Waals surface area (Å²) in [5, 5.41) is 5.62. The fourth-order valence-electron chi connectivity index (χ4n) is 3.80. The zero-order valence-corrected chi connectivity index (χ0v) is 20.1. The Hall–Kier alpha value is -3.90. The van der Waals surface area contributed by atoms with E-state index >= 15 is 0 Å². The minimum absolute atomic E-state index is 0.0198. The molecule has 4 rings (SSSR count). The van der Waals surface area contributed by atoms with Gasteiger partial charge in [-0.05, 0) is 54.3 Å². The molecule has 7 heteroatoms. The second-order valence-corrected chi connectivity index (χ2v) is 8.66. The molecule has 3 aromatic rings. The Morgan fingerprint density at radius 2 is 1.63 bits per heavy atom. The fraction of sp³-hybridized carbons (Fsp3) is 0.179. The smallest absolute Gasteiger partial charge is 0.283 e. The third-order valence-electron chi connectivity index (χ3n) is 5.73. The van der Waals surface area contributed by atoms with Gasteiger partial charge in [-0.25, -0.2) is 4.90 Å². The van der Waals surface area contributed by atoms with E-state index in [1.165, 1.54) is 0 Å². The highest BCUT2D eigenvalue weighted by molar-refractivity contribution is 6.53. The first kappa shape index (κ1) is 24.2. The van der Waals surface area contributed by atoms with Crippen LogP contribution in [0.1, 0.15) is 41.3 Å². The zero-order chi connectivity index (χ0) is 24.8. The Balaban J connectivity index is 1.45. The number of hydrogen-bond acceptors (Lipinski definition) is 4. The van der Waals surface area contributed by atoms with Crippen LogP contribution in [0, 0.1) is 0 Å². The van der Waals surface area contributed by atoms with Gasteiger partial charge in [0.15, 0.2) is 0 Å². The summed E-state index contributed by atoms with van der Waals surface area (Å²) in [4.78, 5) is 39.5. The van der Waals surface area contributed by atoms with Gasteiger partial charge in [-0.1, -0.05) is 73.5 Å². The van der Waals surface area contributed by atoms with Crippen molar-refractivity contribution in [3.05, 3.63) is 106 Å². The Kier molecular flexibility index (Phi) is 7.63. The topological polar surface area (TPSA) is 78.5 Å². The van der Waals surface area contributed by atoms with Gasteiger partial charge in [-0.15, -0.1) is 0 Å². The summed E-state index contributed by atoms with van der Waals surface area (Å²) in [7, 11) is 0. The summed E-state index contributed by atoms with van der Waals surface area (Å²) in [5.74, 6) is -1.38. The lowest BCUT2D eigenvalue weighted by atomic mass is 10.1. The molecule has 0 saturated heterocycles. The molecule has 0 aliphatic carbocycles. The lowest BCUT2D eigenvalue weighted by Gasteiger charge is -2.16. The lowest BCUT2D eigenvalue weighted by molar-refractivity contribution is -0.120. The predicted molar refractivity (Wildman–Crippen MR) is 138 cm³/mol. The molecule has 0 saturated carbocycles. The van der Waals surface area contributed by atoms with Gasteiger partial charge < -0.3 is 10.6 Å². The molecular formula is C28H26ClN3O3. The second-order valence-electron chi connectivity index (χ2n) is 8.28. The highest BCUT2D eigenvalue weighted by atomic mass is 35.5. The van der Waals surface area contributed by atoms with Crippen molar-refractivity contribution in [3.63, 3.8) is 0 Å². The molecule has 0 spiro atoms. The van der Waals surface area contributed by atoms with E-state index in [9.17, 15) is 14.4 Å². The molecule has 0 aromatic heterocycles. The van der Waals surface area contributed by atoms with Crippen LogP contribution in [0.4, 0.5) is 11.4 Å². The molecule has 178 valence electrons. The van der Waals surface area contributed by atoms with E-state index in [1.807, 2.05) is 42.5 Å². The van der Waals surface area contributed by atoms with E-state index in [-0.39, 0.29) is 16.6 Å². The van der Waals surface area contributed by atoms with Crippen LogP contribution in [0.2, 0.25) is 0 Å².